The van der Waals surface area contributed by atoms with Crippen LogP contribution in [-0.4, -0.2) is 20.1 Å². The van der Waals surface area contributed by atoms with Crippen molar-refractivity contribution in [2.45, 2.75) is 43.9 Å². The third kappa shape index (κ3) is 3.98. The van der Waals surface area contributed by atoms with E-state index in [9.17, 15) is 13.5 Å². The predicted molar refractivity (Wildman–Crippen MR) is 86.6 cm³/mol. The average Bonchev–Trinajstić information content (AvgIpc) is 3.05. The monoisotopic (exact) mass is 343 g/mol. The first-order valence-electron chi connectivity index (χ1n) is 7.17. The van der Waals surface area contributed by atoms with Gasteiger partial charge in [-0.25, -0.2) is 13.1 Å². The van der Waals surface area contributed by atoms with Gasteiger partial charge >= 0.3 is 0 Å². The lowest BCUT2D eigenvalue weighted by molar-refractivity contribution is 0.167. The molecule has 0 aromatic carbocycles. The van der Waals surface area contributed by atoms with E-state index < -0.39 is 16.1 Å². The van der Waals surface area contributed by atoms with Gasteiger partial charge in [-0.05, 0) is 44.9 Å². The molecule has 0 bridgehead atoms. The van der Waals surface area contributed by atoms with Crippen LogP contribution < -0.4 is 4.72 Å². The normalized spacial score (nSPS) is 13.5. The van der Waals surface area contributed by atoms with Crippen LogP contribution in [0.3, 0.4) is 0 Å². The minimum atomic E-state index is -3.50. The molecule has 1 unspecified atom stereocenters. The van der Waals surface area contributed by atoms with Crippen molar-refractivity contribution in [3.63, 3.8) is 0 Å². The number of hydrogen-bond donors (Lipinski definition) is 2. The minimum absolute atomic E-state index is 0.173. The van der Waals surface area contributed by atoms with Crippen LogP contribution in [0.15, 0.2) is 26.8 Å². The fraction of sp³-hybridized carbons (Fsp3) is 0.467. The van der Waals surface area contributed by atoms with Gasteiger partial charge in [0.05, 0.1) is 6.10 Å². The Balaban J connectivity index is 1.93. The first-order valence-corrected chi connectivity index (χ1v) is 9.47. The Bertz CT molecular complexity index is 731. The number of thiophene rings is 1. The Kier molecular flexibility index (Phi) is 5.44. The highest BCUT2D eigenvalue weighted by atomic mass is 32.2. The van der Waals surface area contributed by atoms with Gasteiger partial charge in [-0.1, -0.05) is 6.92 Å². The number of rotatable bonds is 7. The van der Waals surface area contributed by atoms with E-state index in [1.807, 2.05) is 19.9 Å². The molecule has 2 aromatic rings. The second-order valence-electron chi connectivity index (χ2n) is 5.15. The fourth-order valence-corrected chi connectivity index (χ4v) is 4.62. The quantitative estimate of drug-likeness (QED) is 0.810. The molecule has 122 valence electrons. The number of aliphatic hydroxyl groups is 1. The predicted octanol–water partition coefficient (Wildman–Crippen LogP) is 2.92. The molecule has 2 heterocycles. The molecule has 0 fully saturated rings. The third-order valence-corrected chi connectivity index (χ3v) is 6.58. The fourth-order valence-electron chi connectivity index (χ4n) is 2.23. The van der Waals surface area contributed by atoms with Gasteiger partial charge in [-0.15, -0.1) is 11.3 Å². The maximum absolute atomic E-state index is 12.1. The van der Waals surface area contributed by atoms with E-state index in [4.69, 9.17) is 4.42 Å². The molecule has 2 rings (SSSR count). The molecule has 2 N–H and O–H groups in total. The van der Waals surface area contributed by atoms with Crippen LogP contribution in [0.1, 0.15) is 41.4 Å². The van der Waals surface area contributed by atoms with Gasteiger partial charge in [-0.2, -0.15) is 0 Å². The SMILES string of the molecule is CCc1ccc(S(=O)(=O)NCCC(O)c2cc(C)oc2C)s1. The third-order valence-electron chi connectivity index (χ3n) is 3.40. The summed E-state index contributed by atoms with van der Waals surface area (Å²) in [6, 6.07) is 5.22. The van der Waals surface area contributed by atoms with Crippen molar-refractivity contribution < 1.29 is 17.9 Å². The van der Waals surface area contributed by atoms with E-state index in [0.717, 1.165) is 17.1 Å². The molecule has 0 aliphatic heterocycles. The molecule has 0 aliphatic carbocycles. The standard InChI is InChI=1S/C15H21NO4S2/c1-4-12-5-6-15(21-12)22(18,19)16-8-7-14(17)13-9-10(2)20-11(13)3/h5-6,9,14,16-17H,4,7-8H2,1-3H3. The van der Waals surface area contributed by atoms with Crippen LogP contribution >= 0.6 is 11.3 Å². The Morgan fingerprint density at radius 3 is 2.64 bits per heavy atom. The van der Waals surface area contributed by atoms with Crippen molar-refractivity contribution in [1.82, 2.24) is 4.72 Å². The van der Waals surface area contributed by atoms with E-state index in [1.165, 1.54) is 11.3 Å². The van der Waals surface area contributed by atoms with Gasteiger partial charge in [0.25, 0.3) is 0 Å². The van der Waals surface area contributed by atoms with Crippen molar-refractivity contribution in [3.8, 4) is 0 Å². The first kappa shape index (κ1) is 17.2. The smallest absolute Gasteiger partial charge is 0.250 e. The van der Waals surface area contributed by atoms with Crippen molar-refractivity contribution >= 4 is 21.4 Å². The number of sulfonamides is 1. The summed E-state index contributed by atoms with van der Waals surface area (Å²) >= 11 is 1.27. The molecule has 0 aliphatic rings. The molecule has 0 amide bonds. The molecule has 5 nitrogen and oxygen atoms in total. The summed E-state index contributed by atoms with van der Waals surface area (Å²) in [7, 11) is -3.50. The van der Waals surface area contributed by atoms with Gasteiger partial charge in [0.15, 0.2) is 0 Å². The number of nitrogens with one attached hydrogen (secondary N) is 1. The van der Waals surface area contributed by atoms with Crippen LogP contribution in [0.4, 0.5) is 0 Å². The Hall–Kier alpha value is -1.15. The van der Waals surface area contributed by atoms with Crippen LogP contribution in [0.25, 0.3) is 0 Å². The second-order valence-corrected chi connectivity index (χ2v) is 8.31. The summed E-state index contributed by atoms with van der Waals surface area (Å²) in [6.45, 7) is 5.76. The number of furan rings is 1. The number of hydrogen-bond acceptors (Lipinski definition) is 5. The maximum Gasteiger partial charge on any atom is 0.250 e. The van der Waals surface area contributed by atoms with E-state index >= 15 is 0 Å². The summed E-state index contributed by atoms with van der Waals surface area (Å²) in [4.78, 5) is 1.03. The molecule has 22 heavy (non-hydrogen) atoms. The maximum atomic E-state index is 12.1. The average molecular weight is 343 g/mol. The van der Waals surface area contributed by atoms with Crippen LogP contribution in [0.5, 0.6) is 0 Å². The van der Waals surface area contributed by atoms with Gasteiger partial charge in [0.1, 0.15) is 15.7 Å². The molecule has 0 radical (unpaired) electrons. The van der Waals surface area contributed by atoms with Crippen molar-refractivity contribution in [2.24, 2.45) is 0 Å². The minimum Gasteiger partial charge on any atom is -0.466 e. The molecule has 1 atom stereocenters. The first-order chi connectivity index (χ1) is 10.3. The summed E-state index contributed by atoms with van der Waals surface area (Å²) < 4.78 is 32.5. The highest BCUT2D eigenvalue weighted by molar-refractivity contribution is 7.91. The summed E-state index contributed by atoms with van der Waals surface area (Å²) in [5.74, 6) is 1.40. The lowest BCUT2D eigenvalue weighted by Crippen LogP contribution is -2.25. The van der Waals surface area contributed by atoms with Crippen molar-refractivity contribution in [2.75, 3.05) is 6.54 Å². The summed E-state index contributed by atoms with van der Waals surface area (Å²) in [5.41, 5.74) is 0.709. The lowest BCUT2D eigenvalue weighted by atomic mass is 10.1. The van der Waals surface area contributed by atoms with Crippen molar-refractivity contribution in [1.29, 1.82) is 0 Å². The van der Waals surface area contributed by atoms with E-state index in [-0.39, 0.29) is 6.54 Å². The molecular weight excluding hydrogens is 322 g/mol. The van der Waals surface area contributed by atoms with Gasteiger partial charge < -0.3 is 9.52 Å². The van der Waals surface area contributed by atoms with Gasteiger partial charge in [-0.3, -0.25) is 0 Å². The van der Waals surface area contributed by atoms with Gasteiger partial charge in [0.2, 0.25) is 10.0 Å². The van der Waals surface area contributed by atoms with Crippen LogP contribution in [0.2, 0.25) is 0 Å². The molecule has 7 heteroatoms. The molecule has 2 aromatic heterocycles. The van der Waals surface area contributed by atoms with E-state index in [1.54, 1.807) is 19.1 Å². The highest BCUT2D eigenvalue weighted by Crippen LogP contribution is 2.24. The Labute approximate surface area is 135 Å². The Morgan fingerprint density at radius 1 is 1.36 bits per heavy atom. The zero-order valence-electron chi connectivity index (χ0n) is 12.9. The largest absolute Gasteiger partial charge is 0.466 e. The molecular formula is C15H21NO4S2. The van der Waals surface area contributed by atoms with Gasteiger partial charge in [0, 0.05) is 17.0 Å². The lowest BCUT2D eigenvalue weighted by Gasteiger charge is -2.10. The van der Waals surface area contributed by atoms with Crippen LogP contribution in [0, 0.1) is 13.8 Å². The summed E-state index contributed by atoms with van der Waals surface area (Å²) in [5, 5.41) is 10.1. The number of aryl methyl sites for hydroxylation is 3. The zero-order valence-corrected chi connectivity index (χ0v) is 14.6. The Morgan fingerprint density at radius 2 is 2.09 bits per heavy atom. The summed E-state index contributed by atoms with van der Waals surface area (Å²) in [6.07, 6.45) is 0.373. The second kappa shape index (κ2) is 6.95. The molecule has 0 spiro atoms. The number of aliphatic hydroxyl groups excluding tert-OH is 1. The van der Waals surface area contributed by atoms with Crippen LogP contribution in [-0.2, 0) is 16.4 Å². The molecule has 0 saturated carbocycles. The van der Waals surface area contributed by atoms with E-state index in [2.05, 4.69) is 4.72 Å². The topological polar surface area (TPSA) is 79.5 Å². The van der Waals surface area contributed by atoms with Crippen molar-refractivity contribution in [3.05, 3.63) is 40.2 Å². The zero-order chi connectivity index (χ0) is 16.3. The highest BCUT2D eigenvalue weighted by Gasteiger charge is 2.18. The molecule has 0 saturated heterocycles. The van der Waals surface area contributed by atoms with E-state index in [0.29, 0.717) is 22.0 Å².